The largest absolute Gasteiger partial charge is 0.444 e. The molecule has 0 saturated heterocycles. The molecule has 0 aliphatic heterocycles. The number of ether oxygens (including phenoxy) is 1. The normalized spacial score (nSPS) is 14.1. The molecule has 3 N–H and O–H groups in total. The van der Waals surface area contributed by atoms with E-state index in [4.69, 9.17) is 9.16 Å². The third-order valence-corrected chi connectivity index (χ3v) is 9.25. The van der Waals surface area contributed by atoms with Crippen molar-refractivity contribution in [3.8, 4) is 0 Å². The van der Waals surface area contributed by atoms with Crippen molar-refractivity contribution >= 4 is 14.4 Å². The van der Waals surface area contributed by atoms with Gasteiger partial charge in [0, 0.05) is 0 Å². The average molecular weight is 400 g/mol. The second-order valence-electron chi connectivity index (χ2n) is 9.50. The molecule has 0 bridgehead atoms. The third kappa shape index (κ3) is 8.44. The topological polar surface area (TPSA) is 96.5 Å². The number of aromatic amines is 1. The second kappa shape index (κ2) is 9.21. The number of nitrogens with one attached hydrogen (secondary N) is 2. The van der Waals surface area contributed by atoms with Crippen LogP contribution in [0.15, 0.2) is 6.07 Å². The van der Waals surface area contributed by atoms with Crippen LogP contribution in [-0.4, -0.2) is 48.0 Å². The van der Waals surface area contributed by atoms with Gasteiger partial charge in [0.2, 0.25) is 0 Å². The number of hydrogen-bond donors (Lipinski definition) is 3. The van der Waals surface area contributed by atoms with Crippen molar-refractivity contribution in [1.82, 2.24) is 15.5 Å². The number of H-pyrrole nitrogens is 1. The van der Waals surface area contributed by atoms with E-state index < -0.39 is 20.0 Å². The van der Waals surface area contributed by atoms with Crippen LogP contribution in [0, 0.1) is 0 Å². The minimum absolute atomic E-state index is 0.148. The van der Waals surface area contributed by atoms with E-state index in [0.717, 1.165) is 11.4 Å². The molecule has 27 heavy (non-hydrogen) atoms. The minimum atomic E-state index is -1.80. The quantitative estimate of drug-likeness (QED) is 0.579. The molecule has 0 spiro atoms. The summed E-state index contributed by atoms with van der Waals surface area (Å²) in [6.07, 6.45) is 0.688. The van der Waals surface area contributed by atoms with Gasteiger partial charge >= 0.3 is 6.09 Å². The first-order valence-corrected chi connectivity index (χ1v) is 12.4. The average Bonchev–Trinajstić information content (AvgIpc) is 2.94. The summed E-state index contributed by atoms with van der Waals surface area (Å²) >= 11 is 0. The molecule has 1 atom stereocenters. The predicted molar refractivity (Wildman–Crippen MR) is 109 cm³/mol. The maximum Gasteiger partial charge on any atom is 0.407 e. The fourth-order valence-corrected chi connectivity index (χ4v) is 3.04. The van der Waals surface area contributed by atoms with Gasteiger partial charge in [0.15, 0.2) is 8.32 Å². The lowest BCUT2D eigenvalue weighted by molar-refractivity contribution is 0.0479. The van der Waals surface area contributed by atoms with E-state index in [1.165, 1.54) is 0 Å². The lowest BCUT2D eigenvalue weighted by Gasteiger charge is -2.35. The number of amides is 1. The van der Waals surface area contributed by atoms with E-state index in [2.05, 4.69) is 49.4 Å². The van der Waals surface area contributed by atoms with Crippen molar-refractivity contribution in [3.63, 3.8) is 0 Å². The number of aliphatic hydroxyl groups is 1. The molecule has 7 nitrogen and oxygen atoms in total. The summed E-state index contributed by atoms with van der Waals surface area (Å²) in [7, 11) is -1.80. The van der Waals surface area contributed by atoms with Gasteiger partial charge in [-0.05, 0) is 57.8 Å². The van der Waals surface area contributed by atoms with Crippen LogP contribution in [0.3, 0.4) is 0 Å². The van der Waals surface area contributed by atoms with E-state index >= 15 is 0 Å². The summed E-state index contributed by atoms with van der Waals surface area (Å²) in [5.41, 5.74) is 1.26. The number of alkyl carbamates (subject to hydrolysis) is 1. The summed E-state index contributed by atoms with van der Waals surface area (Å²) in [5, 5.41) is 19.7. The lowest BCUT2D eigenvalue weighted by atomic mass is 10.1. The molecule has 0 aliphatic carbocycles. The smallest absolute Gasteiger partial charge is 0.407 e. The first kappa shape index (κ1) is 23.7. The number of hydrogen-bond acceptors (Lipinski definition) is 5. The third-order valence-electron chi connectivity index (χ3n) is 4.77. The Balaban J connectivity index is 2.50. The van der Waals surface area contributed by atoms with Crippen molar-refractivity contribution in [2.45, 2.75) is 90.8 Å². The Morgan fingerprint density at radius 3 is 2.44 bits per heavy atom. The molecule has 1 aromatic rings. The van der Waals surface area contributed by atoms with Gasteiger partial charge in [-0.1, -0.05) is 20.8 Å². The maximum absolute atomic E-state index is 11.8. The molecule has 1 rings (SSSR count). The van der Waals surface area contributed by atoms with Crippen LogP contribution in [0.5, 0.6) is 0 Å². The Morgan fingerprint density at radius 1 is 1.30 bits per heavy atom. The van der Waals surface area contributed by atoms with E-state index in [1.807, 2.05) is 6.07 Å². The molecule has 156 valence electrons. The Bertz CT molecular complexity index is 603. The van der Waals surface area contributed by atoms with Gasteiger partial charge in [-0.15, -0.1) is 0 Å². The zero-order valence-electron chi connectivity index (χ0n) is 18.1. The highest BCUT2D eigenvalue weighted by Crippen LogP contribution is 2.36. The molecule has 0 saturated carbocycles. The summed E-state index contributed by atoms with van der Waals surface area (Å²) in [5.74, 6) is 0. The Labute approximate surface area is 164 Å². The van der Waals surface area contributed by atoms with E-state index in [1.54, 1.807) is 20.8 Å². The van der Waals surface area contributed by atoms with Crippen LogP contribution in [-0.2, 0) is 22.2 Å². The highest BCUT2D eigenvalue weighted by molar-refractivity contribution is 6.74. The highest BCUT2D eigenvalue weighted by atomic mass is 28.4. The van der Waals surface area contributed by atoms with Crippen molar-refractivity contribution in [3.05, 3.63) is 17.5 Å². The number of carbonyl (C=O) groups excluding carboxylic acids is 1. The van der Waals surface area contributed by atoms with Gasteiger partial charge in [-0.3, -0.25) is 5.10 Å². The van der Waals surface area contributed by atoms with Crippen molar-refractivity contribution in [2.75, 3.05) is 6.61 Å². The fraction of sp³-hybridized carbons (Fsp3) is 0.789. The van der Waals surface area contributed by atoms with Gasteiger partial charge in [0.25, 0.3) is 0 Å². The Morgan fingerprint density at radius 2 is 1.93 bits per heavy atom. The van der Waals surface area contributed by atoms with Gasteiger partial charge in [0.1, 0.15) is 5.60 Å². The SMILES string of the molecule is CC(C)(C)OC(=O)N[C@@H](CO)CCc1cc(CO[Si](C)(C)C(C)(C)C)[nH]n1. The van der Waals surface area contributed by atoms with Crippen LogP contribution in [0.1, 0.15) is 59.4 Å². The Kier molecular flexibility index (Phi) is 8.07. The van der Waals surface area contributed by atoms with Crippen LogP contribution in [0.4, 0.5) is 4.79 Å². The lowest BCUT2D eigenvalue weighted by Crippen LogP contribution is -2.41. The van der Waals surface area contributed by atoms with Crippen LogP contribution in [0.2, 0.25) is 18.1 Å². The second-order valence-corrected chi connectivity index (χ2v) is 14.3. The van der Waals surface area contributed by atoms with Crippen molar-refractivity contribution in [1.29, 1.82) is 0 Å². The molecule has 0 fully saturated rings. The minimum Gasteiger partial charge on any atom is -0.444 e. The summed E-state index contributed by atoms with van der Waals surface area (Å²) < 4.78 is 11.4. The molecule has 1 heterocycles. The standard InChI is InChI=1S/C19H37N3O4Si/c1-18(2,3)26-17(24)20-15(12-23)10-9-14-11-16(22-21-14)13-25-27(7,8)19(4,5)6/h11,15,23H,9-10,12-13H2,1-8H3,(H,20,24)(H,21,22)/t15-/m1/s1. The first-order valence-electron chi connectivity index (χ1n) is 9.51. The summed E-state index contributed by atoms with van der Waals surface area (Å²) in [6.45, 7) is 16.9. The molecular formula is C19H37N3O4Si. The fourth-order valence-electron chi connectivity index (χ4n) is 2.09. The highest BCUT2D eigenvalue weighted by Gasteiger charge is 2.37. The summed E-state index contributed by atoms with van der Waals surface area (Å²) in [4.78, 5) is 11.8. The van der Waals surface area contributed by atoms with Crippen LogP contribution >= 0.6 is 0 Å². The van der Waals surface area contributed by atoms with Crippen molar-refractivity contribution < 1.29 is 19.1 Å². The molecule has 0 aromatic carbocycles. The molecular weight excluding hydrogens is 362 g/mol. The monoisotopic (exact) mass is 399 g/mol. The van der Waals surface area contributed by atoms with Gasteiger partial charge in [0.05, 0.1) is 30.6 Å². The molecule has 1 amide bonds. The molecule has 0 aliphatic rings. The number of carbonyl (C=O) groups is 1. The van der Waals surface area contributed by atoms with E-state index in [-0.39, 0.29) is 17.7 Å². The maximum atomic E-state index is 11.8. The van der Waals surface area contributed by atoms with E-state index in [9.17, 15) is 9.90 Å². The van der Waals surface area contributed by atoms with Crippen molar-refractivity contribution in [2.24, 2.45) is 0 Å². The molecule has 8 heteroatoms. The number of rotatable bonds is 8. The molecule has 0 unspecified atom stereocenters. The van der Waals surface area contributed by atoms with Gasteiger partial charge in [-0.25, -0.2) is 4.79 Å². The first-order chi connectivity index (χ1) is 12.2. The van der Waals surface area contributed by atoms with E-state index in [0.29, 0.717) is 19.4 Å². The molecule has 0 radical (unpaired) electrons. The number of aryl methyl sites for hydroxylation is 1. The number of aliphatic hydroxyl groups excluding tert-OH is 1. The van der Waals surface area contributed by atoms with Crippen LogP contribution < -0.4 is 5.32 Å². The van der Waals surface area contributed by atoms with Gasteiger partial charge < -0.3 is 19.6 Å². The Hall–Kier alpha value is -1.38. The zero-order chi connectivity index (χ0) is 20.9. The number of aromatic nitrogens is 2. The number of nitrogens with zero attached hydrogens (tertiary/aromatic N) is 1. The predicted octanol–water partition coefficient (Wildman–Crippen LogP) is 3.75. The van der Waals surface area contributed by atoms with Gasteiger partial charge in [-0.2, -0.15) is 5.10 Å². The molecule has 1 aromatic heterocycles. The zero-order valence-corrected chi connectivity index (χ0v) is 19.1. The summed E-state index contributed by atoms with van der Waals surface area (Å²) in [6, 6.07) is 1.61. The van der Waals surface area contributed by atoms with Crippen LogP contribution in [0.25, 0.3) is 0 Å².